The molecule has 0 heterocycles. The fourth-order valence-corrected chi connectivity index (χ4v) is 7.05. The van der Waals surface area contributed by atoms with E-state index in [0.717, 1.165) is 38.5 Å². The molecule has 0 aliphatic heterocycles. The van der Waals surface area contributed by atoms with Crippen LogP contribution in [-0.4, -0.2) is 57.3 Å². The summed E-state index contributed by atoms with van der Waals surface area (Å²) >= 11 is 0. The van der Waals surface area contributed by atoms with E-state index in [1.807, 2.05) is 0 Å². The molecule has 0 aliphatic rings. The van der Waals surface area contributed by atoms with Crippen LogP contribution in [0.1, 0.15) is 239 Å². The third-order valence-electron chi connectivity index (χ3n) is 10.6. The van der Waals surface area contributed by atoms with Gasteiger partial charge in [-0.1, -0.05) is 226 Å². The van der Waals surface area contributed by atoms with Gasteiger partial charge < -0.3 is 25.7 Å². The zero-order chi connectivity index (χ0) is 36.0. The Bertz CT molecular complexity index is 662. The van der Waals surface area contributed by atoms with Gasteiger partial charge in [0.15, 0.2) is 0 Å². The molecule has 49 heavy (non-hydrogen) atoms. The van der Waals surface area contributed by atoms with E-state index in [9.17, 15) is 25.2 Å². The molecule has 0 radical (unpaired) electrons. The molecule has 0 aromatic rings. The smallest absolute Gasteiger partial charge is 0.249 e. The van der Waals surface area contributed by atoms with Crippen LogP contribution in [-0.2, 0) is 4.79 Å². The van der Waals surface area contributed by atoms with Crippen molar-refractivity contribution in [2.24, 2.45) is 0 Å². The number of nitrogens with one attached hydrogen (secondary N) is 1. The molecule has 0 aliphatic carbocycles. The molecule has 0 aromatic heterocycles. The first-order valence-corrected chi connectivity index (χ1v) is 21.9. The number of aliphatic hydroxyl groups excluding tert-OH is 4. The van der Waals surface area contributed by atoms with Gasteiger partial charge in [0.1, 0.15) is 12.2 Å². The van der Waals surface area contributed by atoms with Gasteiger partial charge >= 0.3 is 0 Å². The lowest BCUT2D eigenvalue weighted by atomic mass is 9.99. The van der Waals surface area contributed by atoms with Gasteiger partial charge in [-0.25, -0.2) is 0 Å². The minimum absolute atomic E-state index is 0.375. The van der Waals surface area contributed by atoms with E-state index >= 15 is 0 Å². The van der Waals surface area contributed by atoms with Gasteiger partial charge in [0.2, 0.25) is 5.91 Å². The third-order valence-corrected chi connectivity index (χ3v) is 10.6. The van der Waals surface area contributed by atoms with E-state index in [2.05, 4.69) is 19.2 Å². The standard InChI is InChI=1S/C43H87NO5/c1-3-5-7-9-11-13-15-17-19-20-21-22-23-25-26-28-30-32-34-36-40(46)42(48)39(38-45)44-43(49)41(47)37-35-33-31-29-27-24-18-16-14-12-10-8-6-4-2/h39-42,45-48H,3-38H2,1-2H3,(H,44,49)/t39-,40+,41+,42-/m0/s1. The summed E-state index contributed by atoms with van der Waals surface area (Å²) in [5, 5.41) is 43.7. The highest BCUT2D eigenvalue weighted by molar-refractivity contribution is 5.80. The summed E-state index contributed by atoms with van der Waals surface area (Å²) in [5.74, 6) is -0.580. The van der Waals surface area contributed by atoms with Crippen molar-refractivity contribution >= 4 is 5.91 Å². The Morgan fingerprint density at radius 3 is 0.980 bits per heavy atom. The summed E-state index contributed by atoms with van der Waals surface area (Å²) in [6, 6.07) is -0.978. The van der Waals surface area contributed by atoms with Crippen molar-refractivity contribution in [3.63, 3.8) is 0 Å². The molecular weight excluding hydrogens is 610 g/mol. The first-order valence-electron chi connectivity index (χ1n) is 21.9. The molecule has 6 nitrogen and oxygen atoms in total. The third kappa shape index (κ3) is 32.9. The lowest BCUT2D eigenvalue weighted by Gasteiger charge is -2.27. The zero-order valence-corrected chi connectivity index (χ0v) is 33.0. The van der Waals surface area contributed by atoms with Gasteiger partial charge in [-0.3, -0.25) is 4.79 Å². The van der Waals surface area contributed by atoms with Gasteiger partial charge in [-0.2, -0.15) is 0 Å². The lowest BCUT2D eigenvalue weighted by molar-refractivity contribution is -0.132. The number of rotatable bonds is 40. The van der Waals surface area contributed by atoms with E-state index in [1.54, 1.807) is 0 Å². The topological polar surface area (TPSA) is 110 Å². The maximum atomic E-state index is 12.5. The number of aliphatic hydroxyl groups is 4. The van der Waals surface area contributed by atoms with E-state index in [1.165, 1.54) is 173 Å². The Hall–Kier alpha value is -0.690. The maximum Gasteiger partial charge on any atom is 0.249 e. The average Bonchev–Trinajstić information content (AvgIpc) is 3.11. The Morgan fingerprint density at radius 1 is 0.429 bits per heavy atom. The van der Waals surface area contributed by atoms with Crippen molar-refractivity contribution in [2.75, 3.05) is 6.61 Å². The molecule has 0 saturated carbocycles. The highest BCUT2D eigenvalue weighted by atomic mass is 16.3. The molecule has 0 spiro atoms. The van der Waals surface area contributed by atoms with Gasteiger partial charge in [-0.15, -0.1) is 0 Å². The van der Waals surface area contributed by atoms with Crippen LogP contribution in [0.25, 0.3) is 0 Å². The Balaban J connectivity index is 3.70. The zero-order valence-electron chi connectivity index (χ0n) is 33.0. The van der Waals surface area contributed by atoms with Crippen LogP contribution in [0.3, 0.4) is 0 Å². The number of hydrogen-bond donors (Lipinski definition) is 5. The van der Waals surface area contributed by atoms with E-state index in [4.69, 9.17) is 0 Å². The second-order valence-corrected chi connectivity index (χ2v) is 15.4. The van der Waals surface area contributed by atoms with E-state index in [-0.39, 0.29) is 0 Å². The van der Waals surface area contributed by atoms with Crippen LogP contribution in [0.5, 0.6) is 0 Å². The lowest BCUT2D eigenvalue weighted by Crippen LogP contribution is -2.53. The monoisotopic (exact) mass is 698 g/mol. The van der Waals surface area contributed by atoms with Crippen LogP contribution in [0, 0.1) is 0 Å². The Labute approximate surface area is 305 Å². The van der Waals surface area contributed by atoms with Crippen molar-refractivity contribution in [3.8, 4) is 0 Å². The Kier molecular flexibility index (Phi) is 38.0. The van der Waals surface area contributed by atoms with E-state index < -0.39 is 36.9 Å². The molecule has 0 aromatic carbocycles. The number of carbonyl (C=O) groups excluding carboxylic acids is 1. The Morgan fingerprint density at radius 2 is 0.694 bits per heavy atom. The quantitative estimate of drug-likeness (QED) is 0.0409. The molecule has 0 bridgehead atoms. The van der Waals surface area contributed by atoms with Crippen LogP contribution < -0.4 is 5.32 Å². The first-order chi connectivity index (χ1) is 24.0. The fraction of sp³-hybridized carbons (Fsp3) is 0.977. The SMILES string of the molecule is CCCCCCCCCCCCCCCCCCCCC[C@@H](O)[C@@H](O)[C@H](CO)NC(=O)[C@H](O)CCCCCCCCCCCCCCCC. The maximum absolute atomic E-state index is 12.5. The van der Waals surface area contributed by atoms with Gasteiger partial charge in [-0.05, 0) is 12.8 Å². The average molecular weight is 698 g/mol. The molecule has 4 atom stereocenters. The van der Waals surface area contributed by atoms with Gasteiger partial charge in [0.05, 0.1) is 18.8 Å². The summed E-state index contributed by atoms with van der Waals surface area (Å²) in [6.45, 7) is 4.06. The highest BCUT2D eigenvalue weighted by Gasteiger charge is 2.28. The normalized spacial score (nSPS) is 14.2. The summed E-state index contributed by atoms with van der Waals surface area (Å²) in [7, 11) is 0. The molecule has 6 heteroatoms. The molecular formula is C43H87NO5. The fourth-order valence-electron chi connectivity index (χ4n) is 7.05. The molecule has 0 unspecified atom stereocenters. The second kappa shape index (κ2) is 38.5. The number of hydrogen-bond acceptors (Lipinski definition) is 5. The van der Waals surface area contributed by atoms with Crippen molar-refractivity contribution in [3.05, 3.63) is 0 Å². The molecule has 0 fully saturated rings. The number of carbonyl (C=O) groups is 1. The summed E-state index contributed by atoms with van der Waals surface area (Å²) in [4.78, 5) is 12.5. The van der Waals surface area contributed by atoms with E-state index in [0.29, 0.717) is 12.8 Å². The van der Waals surface area contributed by atoms with Crippen molar-refractivity contribution < 1.29 is 25.2 Å². The first kappa shape index (κ1) is 48.3. The van der Waals surface area contributed by atoms with Crippen molar-refractivity contribution in [2.45, 2.75) is 263 Å². The number of amides is 1. The molecule has 5 N–H and O–H groups in total. The minimum Gasteiger partial charge on any atom is -0.394 e. The summed E-state index contributed by atoms with van der Waals surface area (Å²) in [5.41, 5.74) is 0. The largest absolute Gasteiger partial charge is 0.394 e. The van der Waals surface area contributed by atoms with Crippen LogP contribution >= 0.6 is 0 Å². The van der Waals surface area contributed by atoms with Crippen molar-refractivity contribution in [1.82, 2.24) is 5.32 Å². The van der Waals surface area contributed by atoms with Gasteiger partial charge in [0, 0.05) is 0 Å². The summed E-state index contributed by atoms with van der Waals surface area (Å²) in [6.07, 6.45) is 39.8. The van der Waals surface area contributed by atoms with Crippen molar-refractivity contribution in [1.29, 1.82) is 0 Å². The number of unbranched alkanes of at least 4 members (excludes halogenated alkanes) is 31. The molecule has 1 amide bonds. The van der Waals surface area contributed by atoms with Gasteiger partial charge in [0.25, 0.3) is 0 Å². The molecule has 294 valence electrons. The predicted octanol–water partition coefficient (Wildman–Crippen LogP) is 11.2. The molecule has 0 saturated heterocycles. The minimum atomic E-state index is -1.25. The second-order valence-electron chi connectivity index (χ2n) is 15.4. The predicted molar refractivity (Wildman–Crippen MR) is 210 cm³/mol. The highest BCUT2D eigenvalue weighted by Crippen LogP contribution is 2.17. The van der Waals surface area contributed by atoms with Crippen LogP contribution in [0.4, 0.5) is 0 Å². The summed E-state index contributed by atoms with van der Waals surface area (Å²) < 4.78 is 0. The van der Waals surface area contributed by atoms with Crippen LogP contribution in [0.2, 0.25) is 0 Å². The van der Waals surface area contributed by atoms with Crippen LogP contribution in [0.15, 0.2) is 0 Å². The molecule has 0 rings (SSSR count).